The maximum absolute atomic E-state index is 11.9. The molecule has 1 amide bonds. The molecule has 19 heavy (non-hydrogen) atoms. The summed E-state index contributed by atoms with van der Waals surface area (Å²) in [7, 11) is -3.59. The number of carbonyl (C=O) groups is 1. The molecule has 0 atom stereocenters. The van der Waals surface area contributed by atoms with Crippen LogP contribution in [0, 0.1) is 0 Å². The molecule has 0 radical (unpaired) electrons. The van der Waals surface area contributed by atoms with Gasteiger partial charge in [-0.2, -0.15) is 0 Å². The number of primary amides is 1. The van der Waals surface area contributed by atoms with Crippen LogP contribution in [-0.4, -0.2) is 34.0 Å². The molecule has 1 rings (SSSR count). The van der Waals surface area contributed by atoms with Gasteiger partial charge in [0.25, 0.3) is 0 Å². The van der Waals surface area contributed by atoms with Gasteiger partial charge in [0.15, 0.2) is 0 Å². The third kappa shape index (κ3) is 5.56. The zero-order valence-corrected chi connectivity index (χ0v) is 12.2. The monoisotopic (exact) mass is 307 g/mol. The van der Waals surface area contributed by atoms with E-state index in [4.69, 9.17) is 5.73 Å². The van der Waals surface area contributed by atoms with Crippen LogP contribution in [-0.2, 0) is 10.0 Å². The minimum Gasteiger partial charge on any atom is -0.366 e. The van der Waals surface area contributed by atoms with Crippen LogP contribution in [0.1, 0.15) is 17.3 Å². The Morgan fingerprint density at radius 1 is 1.32 bits per heavy atom. The lowest BCUT2D eigenvalue weighted by Crippen LogP contribution is -2.31. The van der Waals surface area contributed by atoms with Crippen LogP contribution in [0.2, 0.25) is 0 Å². The van der Waals surface area contributed by atoms with E-state index < -0.39 is 15.9 Å². The summed E-state index contributed by atoms with van der Waals surface area (Å²) in [6.07, 6.45) is 0. The molecule has 0 aliphatic carbocycles. The van der Waals surface area contributed by atoms with E-state index in [1.807, 2.05) is 6.92 Å². The van der Waals surface area contributed by atoms with Crippen molar-refractivity contribution in [3.8, 4) is 0 Å². The van der Waals surface area contributed by atoms with Crippen LogP contribution in [0.15, 0.2) is 29.2 Å². The van der Waals surface area contributed by atoms with Gasteiger partial charge in [0, 0.05) is 18.7 Å². The molecule has 0 aliphatic rings. The predicted octanol–water partition coefficient (Wildman–Crippen LogP) is 0.0951. The Hall–Kier alpha value is -1.15. The fourth-order valence-electron chi connectivity index (χ4n) is 1.35. The SMILES string of the molecule is CCNCCNS(=O)(=O)c1cccc(C(N)=O)c1.Cl. The highest BCUT2D eigenvalue weighted by atomic mass is 35.5. The van der Waals surface area contributed by atoms with Gasteiger partial charge in [-0.1, -0.05) is 13.0 Å². The zero-order chi connectivity index (χ0) is 13.6. The summed E-state index contributed by atoms with van der Waals surface area (Å²) in [6, 6.07) is 5.64. The summed E-state index contributed by atoms with van der Waals surface area (Å²) in [5.41, 5.74) is 5.27. The topological polar surface area (TPSA) is 101 Å². The standard InChI is InChI=1S/C11H17N3O3S.ClH/c1-2-13-6-7-14-18(16,17)10-5-3-4-9(8-10)11(12)15;/h3-5,8,13-14H,2,6-7H2,1H3,(H2,12,15);1H. The smallest absolute Gasteiger partial charge is 0.248 e. The van der Waals surface area contributed by atoms with Gasteiger partial charge in [0.2, 0.25) is 15.9 Å². The first kappa shape index (κ1) is 17.8. The van der Waals surface area contributed by atoms with Crippen molar-refractivity contribution in [3.63, 3.8) is 0 Å². The van der Waals surface area contributed by atoms with Crippen LogP contribution < -0.4 is 15.8 Å². The highest BCUT2D eigenvalue weighted by molar-refractivity contribution is 7.89. The van der Waals surface area contributed by atoms with E-state index in [2.05, 4.69) is 10.0 Å². The van der Waals surface area contributed by atoms with Crippen molar-refractivity contribution in [2.75, 3.05) is 19.6 Å². The average Bonchev–Trinajstić information content (AvgIpc) is 2.35. The minimum atomic E-state index is -3.59. The molecule has 0 heterocycles. The van der Waals surface area contributed by atoms with Crippen molar-refractivity contribution in [3.05, 3.63) is 29.8 Å². The summed E-state index contributed by atoms with van der Waals surface area (Å²) in [5.74, 6) is -0.653. The number of hydrogen-bond donors (Lipinski definition) is 3. The second kappa shape index (κ2) is 8.11. The van der Waals surface area contributed by atoms with E-state index in [0.29, 0.717) is 6.54 Å². The first-order chi connectivity index (χ1) is 8.47. The van der Waals surface area contributed by atoms with Crippen molar-refractivity contribution >= 4 is 28.3 Å². The molecule has 0 saturated heterocycles. The normalized spacial score (nSPS) is 10.8. The highest BCUT2D eigenvalue weighted by Crippen LogP contribution is 2.10. The number of benzene rings is 1. The van der Waals surface area contributed by atoms with Crippen LogP contribution in [0.4, 0.5) is 0 Å². The summed E-state index contributed by atoms with van der Waals surface area (Å²) < 4.78 is 26.2. The summed E-state index contributed by atoms with van der Waals surface area (Å²) in [6.45, 7) is 3.55. The van der Waals surface area contributed by atoms with Gasteiger partial charge in [0.1, 0.15) is 0 Å². The minimum absolute atomic E-state index is 0. The predicted molar refractivity (Wildman–Crippen MR) is 75.9 cm³/mol. The number of halogens is 1. The second-order valence-corrected chi connectivity index (χ2v) is 5.41. The molecule has 0 unspecified atom stereocenters. The molecule has 4 N–H and O–H groups in total. The average molecular weight is 308 g/mol. The first-order valence-electron chi connectivity index (χ1n) is 5.57. The van der Waals surface area contributed by atoms with E-state index in [9.17, 15) is 13.2 Å². The van der Waals surface area contributed by atoms with Crippen LogP contribution in [0.3, 0.4) is 0 Å². The van der Waals surface area contributed by atoms with Crippen molar-refractivity contribution in [1.29, 1.82) is 0 Å². The number of rotatable bonds is 7. The molecule has 0 saturated carbocycles. The van der Waals surface area contributed by atoms with Crippen LogP contribution in [0.5, 0.6) is 0 Å². The Labute approximate surface area is 119 Å². The first-order valence-corrected chi connectivity index (χ1v) is 7.06. The molecule has 0 bridgehead atoms. The van der Waals surface area contributed by atoms with E-state index in [-0.39, 0.29) is 29.4 Å². The Balaban J connectivity index is 0.00000324. The van der Waals surface area contributed by atoms with Gasteiger partial charge in [0.05, 0.1) is 4.90 Å². The second-order valence-electron chi connectivity index (χ2n) is 3.64. The Kier molecular flexibility index (Phi) is 7.62. The molecule has 8 heteroatoms. The van der Waals surface area contributed by atoms with Crippen molar-refractivity contribution in [2.24, 2.45) is 5.73 Å². The molecule has 0 spiro atoms. The Morgan fingerprint density at radius 2 is 2.00 bits per heavy atom. The van der Waals surface area contributed by atoms with Crippen molar-refractivity contribution in [1.82, 2.24) is 10.0 Å². The molecule has 0 fully saturated rings. The fraction of sp³-hybridized carbons (Fsp3) is 0.364. The number of amides is 1. The van der Waals surface area contributed by atoms with Gasteiger partial charge in [-0.15, -0.1) is 12.4 Å². The summed E-state index contributed by atoms with van der Waals surface area (Å²) in [4.78, 5) is 11.0. The van der Waals surface area contributed by atoms with E-state index in [0.717, 1.165) is 6.54 Å². The summed E-state index contributed by atoms with van der Waals surface area (Å²) >= 11 is 0. The van der Waals surface area contributed by atoms with Gasteiger partial charge < -0.3 is 11.1 Å². The number of hydrogen-bond acceptors (Lipinski definition) is 4. The van der Waals surface area contributed by atoms with Gasteiger partial charge in [-0.3, -0.25) is 4.79 Å². The van der Waals surface area contributed by atoms with E-state index in [1.165, 1.54) is 24.3 Å². The van der Waals surface area contributed by atoms with Gasteiger partial charge in [-0.25, -0.2) is 13.1 Å². The molecule has 108 valence electrons. The number of carbonyl (C=O) groups excluding carboxylic acids is 1. The van der Waals surface area contributed by atoms with Gasteiger partial charge >= 0.3 is 0 Å². The lowest BCUT2D eigenvalue weighted by atomic mass is 10.2. The molecule has 1 aromatic carbocycles. The molecule has 1 aromatic rings. The maximum atomic E-state index is 11.9. The largest absolute Gasteiger partial charge is 0.366 e. The fourth-order valence-corrected chi connectivity index (χ4v) is 2.43. The van der Waals surface area contributed by atoms with Crippen molar-refractivity contribution in [2.45, 2.75) is 11.8 Å². The number of nitrogens with two attached hydrogens (primary N) is 1. The molecule has 6 nitrogen and oxygen atoms in total. The summed E-state index contributed by atoms with van der Waals surface area (Å²) in [5, 5.41) is 3.00. The van der Waals surface area contributed by atoms with Crippen LogP contribution in [0.25, 0.3) is 0 Å². The number of likely N-dealkylation sites (N-methyl/N-ethyl adjacent to an activating group) is 1. The molecule has 0 aliphatic heterocycles. The molecule has 0 aromatic heterocycles. The zero-order valence-electron chi connectivity index (χ0n) is 10.5. The third-order valence-electron chi connectivity index (χ3n) is 2.27. The third-order valence-corrected chi connectivity index (χ3v) is 3.73. The van der Waals surface area contributed by atoms with Crippen LogP contribution >= 0.6 is 12.4 Å². The quantitative estimate of drug-likeness (QED) is 0.622. The Bertz CT molecular complexity index is 520. The lowest BCUT2D eigenvalue weighted by molar-refractivity contribution is 0.1000. The Morgan fingerprint density at radius 3 is 2.58 bits per heavy atom. The van der Waals surface area contributed by atoms with E-state index in [1.54, 1.807) is 0 Å². The van der Waals surface area contributed by atoms with Gasteiger partial charge in [-0.05, 0) is 24.7 Å². The van der Waals surface area contributed by atoms with Crippen molar-refractivity contribution < 1.29 is 13.2 Å². The maximum Gasteiger partial charge on any atom is 0.248 e. The molecular formula is C11H18ClN3O3S. The lowest BCUT2D eigenvalue weighted by Gasteiger charge is -2.07. The van der Waals surface area contributed by atoms with E-state index >= 15 is 0 Å². The number of nitrogens with one attached hydrogen (secondary N) is 2. The highest BCUT2D eigenvalue weighted by Gasteiger charge is 2.14. The number of sulfonamides is 1. The molecular weight excluding hydrogens is 290 g/mol.